The summed E-state index contributed by atoms with van der Waals surface area (Å²) in [6, 6.07) is 6.61. The lowest BCUT2D eigenvalue weighted by molar-refractivity contribution is -0.121. The highest BCUT2D eigenvalue weighted by atomic mass is 16.4. The first kappa shape index (κ1) is 19.7. The molecule has 0 fully saturated rings. The van der Waals surface area contributed by atoms with Crippen molar-refractivity contribution in [3.63, 3.8) is 0 Å². The van der Waals surface area contributed by atoms with Gasteiger partial charge in [-0.1, -0.05) is 46.4 Å². The maximum Gasteiger partial charge on any atom is 0.335 e. The van der Waals surface area contributed by atoms with Gasteiger partial charge in [0, 0.05) is 12.3 Å². The zero-order chi connectivity index (χ0) is 14.1. The van der Waals surface area contributed by atoms with E-state index in [1.165, 1.54) is 6.07 Å². The Morgan fingerprint density at radius 2 is 1.74 bits per heavy atom. The highest BCUT2D eigenvalue weighted by Gasteiger charge is 2.14. The highest BCUT2D eigenvalue weighted by Crippen LogP contribution is 2.12. The molecule has 0 amide bonds. The number of hydrogen-bond acceptors (Lipinski definition) is 3. The van der Waals surface area contributed by atoms with Crippen LogP contribution >= 0.6 is 0 Å². The minimum Gasteiger partial charge on any atom is -0.478 e. The monoisotopic (exact) mass is 267 g/mol. The number of carbonyl (C=O) groups excluding carboxylic acids is 1. The highest BCUT2D eigenvalue weighted by molar-refractivity contribution is 5.92. The smallest absolute Gasteiger partial charge is 0.335 e. The standard InChI is InChI=1S/C12H14O3.C2H7N.CH4/c1-8(2)11(13)7-9-5-3-4-6-10(9)12(14)15;1-2-3;/h3-6,8H,7H2,1-2H3,(H,14,15);2-3H2,1H3;1H4. The number of carbonyl (C=O) groups is 2. The second-order valence-electron chi connectivity index (χ2n) is 4.17. The van der Waals surface area contributed by atoms with Gasteiger partial charge in [0.05, 0.1) is 5.56 Å². The predicted octanol–water partition coefficient (Wildman–Crippen LogP) is 2.75. The van der Waals surface area contributed by atoms with E-state index in [1.54, 1.807) is 18.2 Å². The minimum atomic E-state index is -0.984. The Morgan fingerprint density at radius 3 is 2.16 bits per heavy atom. The quantitative estimate of drug-likeness (QED) is 0.879. The molecule has 1 aromatic rings. The van der Waals surface area contributed by atoms with Crippen LogP contribution in [-0.2, 0) is 11.2 Å². The van der Waals surface area contributed by atoms with E-state index in [2.05, 4.69) is 0 Å². The lowest BCUT2D eigenvalue weighted by Gasteiger charge is -2.06. The van der Waals surface area contributed by atoms with Gasteiger partial charge >= 0.3 is 5.97 Å². The average Bonchev–Trinajstić information content (AvgIpc) is 2.30. The van der Waals surface area contributed by atoms with Crippen molar-refractivity contribution in [1.29, 1.82) is 0 Å². The Hall–Kier alpha value is -1.68. The van der Waals surface area contributed by atoms with E-state index < -0.39 is 5.97 Å². The van der Waals surface area contributed by atoms with Crippen molar-refractivity contribution in [3.8, 4) is 0 Å². The third-order valence-corrected chi connectivity index (χ3v) is 2.26. The molecule has 0 spiro atoms. The lowest BCUT2D eigenvalue weighted by atomic mass is 9.97. The van der Waals surface area contributed by atoms with Crippen LogP contribution in [0.15, 0.2) is 24.3 Å². The molecule has 3 N–H and O–H groups in total. The van der Waals surface area contributed by atoms with Gasteiger partial charge in [0.1, 0.15) is 5.78 Å². The van der Waals surface area contributed by atoms with Gasteiger partial charge < -0.3 is 10.8 Å². The van der Waals surface area contributed by atoms with E-state index >= 15 is 0 Å². The van der Waals surface area contributed by atoms with Crippen LogP contribution in [0.1, 0.15) is 44.1 Å². The van der Waals surface area contributed by atoms with Crippen molar-refractivity contribution in [2.24, 2.45) is 11.7 Å². The third-order valence-electron chi connectivity index (χ3n) is 2.26. The van der Waals surface area contributed by atoms with Gasteiger partial charge in [-0.2, -0.15) is 0 Å². The molecule has 0 atom stereocenters. The molecular weight excluding hydrogens is 242 g/mol. The second-order valence-corrected chi connectivity index (χ2v) is 4.17. The molecule has 19 heavy (non-hydrogen) atoms. The summed E-state index contributed by atoms with van der Waals surface area (Å²) in [5, 5.41) is 8.91. The van der Waals surface area contributed by atoms with Gasteiger partial charge in [-0.05, 0) is 18.2 Å². The summed E-state index contributed by atoms with van der Waals surface area (Å²) >= 11 is 0. The zero-order valence-electron chi connectivity index (χ0n) is 11.1. The van der Waals surface area contributed by atoms with Gasteiger partial charge in [0.2, 0.25) is 0 Å². The third kappa shape index (κ3) is 7.36. The van der Waals surface area contributed by atoms with Crippen molar-refractivity contribution in [3.05, 3.63) is 35.4 Å². The molecule has 0 aromatic heterocycles. The number of aromatic carboxylic acids is 1. The fourth-order valence-corrected chi connectivity index (χ4v) is 1.27. The van der Waals surface area contributed by atoms with Crippen LogP contribution in [0.4, 0.5) is 0 Å². The molecule has 0 aliphatic rings. The van der Waals surface area contributed by atoms with E-state index in [4.69, 9.17) is 10.8 Å². The van der Waals surface area contributed by atoms with Crippen molar-refractivity contribution < 1.29 is 14.7 Å². The predicted molar refractivity (Wildman–Crippen MR) is 78.4 cm³/mol. The molecule has 1 aromatic carbocycles. The molecule has 0 saturated heterocycles. The Morgan fingerprint density at radius 1 is 1.26 bits per heavy atom. The van der Waals surface area contributed by atoms with E-state index in [1.807, 2.05) is 20.8 Å². The number of Topliss-reactive ketones (excluding diaryl/α,β-unsaturated/α-hetero) is 1. The van der Waals surface area contributed by atoms with Crippen molar-refractivity contribution >= 4 is 11.8 Å². The number of rotatable bonds is 4. The van der Waals surface area contributed by atoms with Gasteiger partial charge in [0.25, 0.3) is 0 Å². The summed E-state index contributed by atoms with van der Waals surface area (Å²) in [4.78, 5) is 22.4. The Bertz CT molecular complexity index is 400. The number of ketones is 1. The molecule has 4 heteroatoms. The molecule has 4 nitrogen and oxygen atoms in total. The minimum absolute atomic E-state index is 0. The molecule has 108 valence electrons. The molecule has 0 heterocycles. The molecule has 1 rings (SSSR count). The fraction of sp³-hybridized carbons (Fsp3) is 0.467. The van der Waals surface area contributed by atoms with Crippen LogP contribution in [0.25, 0.3) is 0 Å². The molecular formula is C15H25NO3. The Balaban J connectivity index is 0. The maximum absolute atomic E-state index is 11.5. The maximum atomic E-state index is 11.5. The normalized spacial score (nSPS) is 9.11. The van der Waals surface area contributed by atoms with E-state index in [0.29, 0.717) is 5.56 Å². The summed E-state index contributed by atoms with van der Waals surface area (Å²) in [6.45, 7) is 6.28. The van der Waals surface area contributed by atoms with E-state index in [9.17, 15) is 9.59 Å². The van der Waals surface area contributed by atoms with E-state index in [-0.39, 0.29) is 31.1 Å². The van der Waals surface area contributed by atoms with Crippen LogP contribution < -0.4 is 5.73 Å². The van der Waals surface area contributed by atoms with Crippen LogP contribution in [0, 0.1) is 5.92 Å². The van der Waals surface area contributed by atoms with Crippen molar-refractivity contribution in [2.45, 2.75) is 34.6 Å². The van der Waals surface area contributed by atoms with Crippen LogP contribution in [0.5, 0.6) is 0 Å². The van der Waals surface area contributed by atoms with Crippen LogP contribution in [0.3, 0.4) is 0 Å². The van der Waals surface area contributed by atoms with Gasteiger partial charge in [0.15, 0.2) is 0 Å². The van der Waals surface area contributed by atoms with E-state index in [0.717, 1.165) is 6.54 Å². The summed E-state index contributed by atoms with van der Waals surface area (Å²) in [5.41, 5.74) is 5.65. The van der Waals surface area contributed by atoms with Crippen LogP contribution in [0.2, 0.25) is 0 Å². The molecule has 0 aliphatic carbocycles. The first-order valence-corrected chi connectivity index (χ1v) is 5.98. The SMILES string of the molecule is C.CC(C)C(=O)Cc1ccccc1C(=O)O.CCN. The number of nitrogens with two attached hydrogens (primary N) is 1. The number of carboxylic acids is 1. The van der Waals surface area contributed by atoms with Gasteiger partial charge in [-0.3, -0.25) is 4.79 Å². The molecule has 0 aliphatic heterocycles. The Labute approximate surface area is 115 Å². The second kappa shape index (κ2) is 10.3. The topological polar surface area (TPSA) is 80.4 Å². The molecule has 0 saturated carbocycles. The van der Waals surface area contributed by atoms with Crippen LogP contribution in [-0.4, -0.2) is 23.4 Å². The average molecular weight is 267 g/mol. The number of hydrogen-bond donors (Lipinski definition) is 2. The first-order valence-electron chi connectivity index (χ1n) is 5.98. The number of benzene rings is 1. The first-order chi connectivity index (χ1) is 8.43. The fourth-order valence-electron chi connectivity index (χ4n) is 1.27. The summed E-state index contributed by atoms with van der Waals surface area (Å²) < 4.78 is 0. The summed E-state index contributed by atoms with van der Waals surface area (Å²) in [7, 11) is 0. The van der Waals surface area contributed by atoms with Gasteiger partial charge in [-0.15, -0.1) is 0 Å². The molecule has 0 unspecified atom stereocenters. The summed E-state index contributed by atoms with van der Waals surface area (Å²) in [6.07, 6.45) is 0.195. The zero-order valence-corrected chi connectivity index (χ0v) is 11.1. The van der Waals surface area contributed by atoms with Gasteiger partial charge in [-0.25, -0.2) is 4.79 Å². The summed E-state index contributed by atoms with van der Waals surface area (Å²) in [5.74, 6) is -0.988. The molecule has 0 bridgehead atoms. The largest absolute Gasteiger partial charge is 0.478 e. The molecule has 0 radical (unpaired) electrons. The lowest BCUT2D eigenvalue weighted by Crippen LogP contribution is -2.13. The van der Waals surface area contributed by atoms with Crippen molar-refractivity contribution in [1.82, 2.24) is 0 Å². The van der Waals surface area contributed by atoms with Crippen molar-refractivity contribution in [2.75, 3.05) is 6.54 Å². The Kier molecular flexibility index (Phi) is 10.6. The number of carboxylic acid groups (broad SMARTS) is 1.